The molecule has 0 aliphatic rings. The second-order valence-electron chi connectivity index (χ2n) is 3.97. The Balaban J connectivity index is 2.17. The summed E-state index contributed by atoms with van der Waals surface area (Å²) in [6.45, 7) is 1.54. The minimum Gasteiger partial charge on any atom is -0.392 e. The van der Waals surface area contributed by atoms with Crippen molar-refractivity contribution in [3.05, 3.63) is 41.3 Å². The summed E-state index contributed by atoms with van der Waals surface area (Å²) in [6, 6.07) is 3.64. The van der Waals surface area contributed by atoms with Crippen LogP contribution in [0.2, 0.25) is 0 Å². The minimum absolute atomic E-state index is 0.0822. The molecule has 7 nitrogen and oxygen atoms in total. The summed E-state index contributed by atoms with van der Waals surface area (Å²) in [6.07, 6.45) is 2.88. The molecular weight excluding hydrogens is 268 g/mol. The van der Waals surface area contributed by atoms with Crippen LogP contribution in [-0.4, -0.2) is 28.7 Å². The zero-order chi connectivity index (χ0) is 13.9. The third-order valence-electron chi connectivity index (χ3n) is 2.66. The zero-order valence-corrected chi connectivity index (χ0v) is 11.1. The second kappa shape index (κ2) is 5.47. The highest BCUT2D eigenvalue weighted by molar-refractivity contribution is 7.89. The van der Waals surface area contributed by atoms with Crippen LogP contribution in [0.4, 0.5) is 0 Å². The number of aryl methyl sites for hydroxylation is 1. The Hall–Kier alpha value is -1.77. The first-order valence-corrected chi connectivity index (χ1v) is 7.06. The van der Waals surface area contributed by atoms with Crippen molar-refractivity contribution >= 4 is 10.0 Å². The van der Waals surface area contributed by atoms with E-state index >= 15 is 0 Å². The van der Waals surface area contributed by atoms with Gasteiger partial charge in [-0.25, -0.2) is 13.1 Å². The lowest BCUT2D eigenvalue weighted by Crippen LogP contribution is -2.25. The van der Waals surface area contributed by atoms with Gasteiger partial charge >= 0.3 is 0 Å². The van der Waals surface area contributed by atoms with E-state index in [0.717, 1.165) is 5.56 Å². The topological polar surface area (TPSA) is 108 Å². The number of pyridine rings is 1. The van der Waals surface area contributed by atoms with Crippen LogP contribution in [0.3, 0.4) is 0 Å². The molecule has 3 N–H and O–H groups in total. The van der Waals surface area contributed by atoms with Crippen molar-refractivity contribution in [2.45, 2.75) is 25.1 Å². The van der Waals surface area contributed by atoms with Crippen LogP contribution in [-0.2, 0) is 23.2 Å². The summed E-state index contributed by atoms with van der Waals surface area (Å²) >= 11 is 0. The van der Waals surface area contributed by atoms with Gasteiger partial charge in [0.1, 0.15) is 0 Å². The fourth-order valence-electron chi connectivity index (χ4n) is 1.58. The summed E-state index contributed by atoms with van der Waals surface area (Å²) in [5.74, 6) is 0. The van der Waals surface area contributed by atoms with Crippen molar-refractivity contribution in [2.24, 2.45) is 0 Å². The first-order valence-electron chi connectivity index (χ1n) is 5.58. The molecule has 0 saturated heterocycles. The van der Waals surface area contributed by atoms with Crippen molar-refractivity contribution in [1.82, 2.24) is 19.9 Å². The van der Waals surface area contributed by atoms with Crippen LogP contribution in [0, 0.1) is 6.92 Å². The SMILES string of the molecule is Cc1cccnc1CNS(=O)(=O)c1[nH]ncc1CO. The Labute approximate surface area is 110 Å². The van der Waals surface area contributed by atoms with Crippen molar-refractivity contribution in [3.63, 3.8) is 0 Å². The molecule has 19 heavy (non-hydrogen) atoms. The first-order chi connectivity index (χ1) is 9.04. The van der Waals surface area contributed by atoms with Gasteiger partial charge in [0.05, 0.1) is 25.0 Å². The van der Waals surface area contributed by atoms with Crippen LogP contribution in [0.25, 0.3) is 0 Å². The Kier molecular flexibility index (Phi) is 3.93. The molecule has 2 aromatic heterocycles. The normalized spacial score (nSPS) is 11.7. The van der Waals surface area contributed by atoms with Gasteiger partial charge in [0.2, 0.25) is 0 Å². The average molecular weight is 282 g/mol. The number of aromatic nitrogens is 3. The van der Waals surface area contributed by atoms with E-state index in [2.05, 4.69) is 19.9 Å². The number of aliphatic hydroxyl groups excluding tert-OH is 1. The van der Waals surface area contributed by atoms with E-state index in [1.165, 1.54) is 6.20 Å². The summed E-state index contributed by atoms with van der Waals surface area (Å²) in [7, 11) is -3.74. The number of aliphatic hydroxyl groups is 1. The highest BCUT2D eigenvalue weighted by Crippen LogP contribution is 2.12. The van der Waals surface area contributed by atoms with Gasteiger partial charge in [-0.05, 0) is 18.6 Å². The van der Waals surface area contributed by atoms with E-state index in [0.29, 0.717) is 5.69 Å². The lowest BCUT2D eigenvalue weighted by Gasteiger charge is -2.07. The predicted molar refractivity (Wildman–Crippen MR) is 67.5 cm³/mol. The van der Waals surface area contributed by atoms with Crippen molar-refractivity contribution in [2.75, 3.05) is 0 Å². The van der Waals surface area contributed by atoms with E-state index in [9.17, 15) is 8.42 Å². The molecule has 2 heterocycles. The standard InChI is InChI=1S/C11H14N4O3S/c1-8-3-2-4-12-10(8)6-14-19(17,18)11-9(7-16)5-13-15-11/h2-5,14,16H,6-7H2,1H3,(H,13,15). The lowest BCUT2D eigenvalue weighted by molar-refractivity contribution is 0.278. The quantitative estimate of drug-likeness (QED) is 0.720. The molecule has 2 aromatic rings. The van der Waals surface area contributed by atoms with Crippen molar-refractivity contribution in [1.29, 1.82) is 0 Å². The van der Waals surface area contributed by atoms with Crippen molar-refractivity contribution < 1.29 is 13.5 Å². The van der Waals surface area contributed by atoms with E-state index < -0.39 is 16.6 Å². The van der Waals surface area contributed by atoms with Gasteiger partial charge < -0.3 is 5.11 Å². The molecule has 0 unspecified atom stereocenters. The molecule has 0 saturated carbocycles. The van der Waals surface area contributed by atoms with Gasteiger partial charge in [-0.3, -0.25) is 10.1 Å². The van der Waals surface area contributed by atoms with Crippen LogP contribution < -0.4 is 4.72 Å². The van der Waals surface area contributed by atoms with E-state index in [1.54, 1.807) is 12.3 Å². The van der Waals surface area contributed by atoms with Gasteiger partial charge in [0, 0.05) is 11.8 Å². The molecular formula is C11H14N4O3S. The third kappa shape index (κ3) is 2.98. The molecule has 0 fully saturated rings. The Morgan fingerprint density at radius 1 is 1.47 bits per heavy atom. The molecule has 0 atom stereocenters. The van der Waals surface area contributed by atoms with Crippen molar-refractivity contribution in [3.8, 4) is 0 Å². The number of hydrogen-bond acceptors (Lipinski definition) is 5. The number of aromatic amines is 1. The first kappa shape index (κ1) is 13.7. The molecule has 0 bridgehead atoms. The van der Waals surface area contributed by atoms with Crippen LogP contribution in [0.1, 0.15) is 16.8 Å². The average Bonchev–Trinajstić information content (AvgIpc) is 2.87. The van der Waals surface area contributed by atoms with Gasteiger partial charge in [0.25, 0.3) is 10.0 Å². The molecule has 0 radical (unpaired) electrons. The lowest BCUT2D eigenvalue weighted by atomic mass is 10.2. The maximum Gasteiger partial charge on any atom is 0.258 e. The molecule has 8 heteroatoms. The number of H-pyrrole nitrogens is 1. The monoisotopic (exact) mass is 282 g/mol. The van der Waals surface area contributed by atoms with Gasteiger partial charge in [-0.2, -0.15) is 5.10 Å². The van der Waals surface area contributed by atoms with E-state index in [4.69, 9.17) is 5.11 Å². The Morgan fingerprint density at radius 2 is 2.26 bits per heavy atom. The maximum absolute atomic E-state index is 12.0. The number of sulfonamides is 1. The van der Waals surface area contributed by atoms with Gasteiger partial charge in [-0.1, -0.05) is 6.07 Å². The van der Waals surface area contributed by atoms with E-state index in [1.807, 2.05) is 13.0 Å². The van der Waals surface area contributed by atoms with Crippen LogP contribution >= 0.6 is 0 Å². The fraction of sp³-hybridized carbons (Fsp3) is 0.273. The number of nitrogens with one attached hydrogen (secondary N) is 2. The third-order valence-corrected chi connectivity index (χ3v) is 4.08. The molecule has 102 valence electrons. The highest BCUT2D eigenvalue weighted by atomic mass is 32.2. The van der Waals surface area contributed by atoms with Gasteiger partial charge in [0.15, 0.2) is 5.03 Å². The Bertz CT molecular complexity index is 666. The minimum atomic E-state index is -3.74. The summed E-state index contributed by atoms with van der Waals surface area (Å²) in [4.78, 5) is 4.10. The smallest absolute Gasteiger partial charge is 0.258 e. The molecule has 0 aromatic carbocycles. The predicted octanol–water partition coefficient (Wildman–Crippen LogP) is 0.0839. The van der Waals surface area contributed by atoms with Crippen LogP contribution in [0.5, 0.6) is 0 Å². The number of nitrogens with zero attached hydrogens (tertiary/aromatic N) is 2. The van der Waals surface area contributed by atoms with E-state index in [-0.39, 0.29) is 17.1 Å². The summed E-state index contributed by atoms with van der Waals surface area (Å²) in [5, 5.41) is 14.9. The highest BCUT2D eigenvalue weighted by Gasteiger charge is 2.20. The molecule has 0 aliphatic carbocycles. The van der Waals surface area contributed by atoms with Crippen LogP contribution in [0.15, 0.2) is 29.6 Å². The zero-order valence-electron chi connectivity index (χ0n) is 10.3. The molecule has 0 aliphatic heterocycles. The molecule has 0 spiro atoms. The summed E-state index contributed by atoms with van der Waals surface area (Å²) in [5.41, 5.74) is 1.78. The number of hydrogen-bond donors (Lipinski definition) is 3. The number of rotatable bonds is 5. The maximum atomic E-state index is 12.0. The molecule has 2 rings (SSSR count). The Morgan fingerprint density at radius 3 is 2.95 bits per heavy atom. The summed E-state index contributed by atoms with van der Waals surface area (Å²) < 4.78 is 26.5. The largest absolute Gasteiger partial charge is 0.392 e. The fourth-order valence-corrected chi connectivity index (χ4v) is 2.69. The second-order valence-corrected chi connectivity index (χ2v) is 5.68. The molecule has 0 amide bonds. The van der Waals surface area contributed by atoms with Gasteiger partial charge in [-0.15, -0.1) is 0 Å².